The molecule has 1 fully saturated rings. The highest BCUT2D eigenvalue weighted by atomic mass is 16.5. The number of hydrogen-bond donors (Lipinski definition) is 1. The molecule has 0 aliphatic heterocycles. The summed E-state index contributed by atoms with van der Waals surface area (Å²) in [5.74, 6) is 1.82. The van der Waals surface area contributed by atoms with Gasteiger partial charge in [-0.15, -0.1) is 0 Å². The van der Waals surface area contributed by atoms with Crippen molar-refractivity contribution in [1.82, 2.24) is 10.1 Å². The van der Waals surface area contributed by atoms with Gasteiger partial charge in [-0.1, -0.05) is 18.5 Å². The van der Waals surface area contributed by atoms with Crippen molar-refractivity contribution in [2.75, 3.05) is 7.11 Å². The summed E-state index contributed by atoms with van der Waals surface area (Å²) < 4.78 is 10.8. The molecule has 102 valence electrons. The number of aromatic nitrogens is 2. The van der Waals surface area contributed by atoms with Gasteiger partial charge in [-0.2, -0.15) is 4.98 Å². The summed E-state index contributed by atoms with van der Waals surface area (Å²) in [5.41, 5.74) is 5.90. The van der Waals surface area contributed by atoms with Gasteiger partial charge < -0.3 is 15.0 Å². The van der Waals surface area contributed by atoms with Crippen LogP contribution in [0.1, 0.15) is 69.2 Å². The lowest BCUT2D eigenvalue weighted by Gasteiger charge is -2.23. The zero-order valence-corrected chi connectivity index (χ0v) is 11.3. The van der Waals surface area contributed by atoms with Gasteiger partial charge in [-0.05, 0) is 32.1 Å². The molecule has 1 aliphatic rings. The number of nitrogens with two attached hydrogens (primary N) is 1. The molecular weight excluding hydrogens is 230 g/mol. The molecule has 1 aromatic rings. The zero-order valence-electron chi connectivity index (χ0n) is 11.3. The van der Waals surface area contributed by atoms with E-state index in [-0.39, 0.29) is 6.10 Å². The topological polar surface area (TPSA) is 74.2 Å². The summed E-state index contributed by atoms with van der Waals surface area (Å²) in [4.78, 5) is 4.51. The van der Waals surface area contributed by atoms with Crippen LogP contribution in [0.15, 0.2) is 4.52 Å². The van der Waals surface area contributed by atoms with Gasteiger partial charge in [0.25, 0.3) is 0 Å². The lowest BCUT2D eigenvalue weighted by atomic mass is 9.86. The minimum Gasteiger partial charge on any atom is -0.373 e. The molecule has 0 bridgehead atoms. The summed E-state index contributed by atoms with van der Waals surface area (Å²) in [5, 5.41) is 4.06. The van der Waals surface area contributed by atoms with Crippen LogP contribution in [0.25, 0.3) is 0 Å². The molecule has 0 aromatic carbocycles. The van der Waals surface area contributed by atoms with Gasteiger partial charge in [-0.25, -0.2) is 0 Å². The number of nitrogens with zero attached hydrogens (tertiary/aromatic N) is 2. The number of hydrogen-bond acceptors (Lipinski definition) is 5. The molecule has 5 nitrogen and oxygen atoms in total. The van der Waals surface area contributed by atoms with Crippen LogP contribution in [-0.2, 0) is 4.74 Å². The second-order valence-electron chi connectivity index (χ2n) is 5.12. The molecule has 2 N–H and O–H groups in total. The van der Waals surface area contributed by atoms with Gasteiger partial charge >= 0.3 is 0 Å². The Kier molecular flexibility index (Phi) is 4.72. The lowest BCUT2D eigenvalue weighted by Crippen LogP contribution is -2.25. The van der Waals surface area contributed by atoms with Crippen LogP contribution < -0.4 is 5.73 Å². The minimum atomic E-state index is -0.0432. The molecule has 0 spiro atoms. The Labute approximate surface area is 108 Å². The first-order valence-corrected chi connectivity index (χ1v) is 6.86. The molecule has 1 saturated carbocycles. The SMILES string of the molecule is CCCC(OC)c1noc(C2CCC(N)CC2)n1. The second-order valence-corrected chi connectivity index (χ2v) is 5.12. The highest BCUT2D eigenvalue weighted by Crippen LogP contribution is 2.32. The number of methoxy groups -OCH3 is 1. The average Bonchev–Trinajstić information content (AvgIpc) is 2.86. The van der Waals surface area contributed by atoms with Crippen LogP contribution in [0.4, 0.5) is 0 Å². The zero-order chi connectivity index (χ0) is 13.0. The highest BCUT2D eigenvalue weighted by Gasteiger charge is 2.26. The van der Waals surface area contributed by atoms with E-state index in [4.69, 9.17) is 15.0 Å². The van der Waals surface area contributed by atoms with Crippen molar-refractivity contribution in [1.29, 1.82) is 0 Å². The first-order chi connectivity index (χ1) is 8.74. The Balaban J connectivity index is 2.00. The van der Waals surface area contributed by atoms with Gasteiger partial charge in [0.15, 0.2) is 0 Å². The fourth-order valence-corrected chi connectivity index (χ4v) is 2.52. The molecule has 1 aromatic heterocycles. The van der Waals surface area contributed by atoms with Crippen LogP contribution in [0, 0.1) is 0 Å². The molecule has 1 unspecified atom stereocenters. The summed E-state index contributed by atoms with van der Waals surface area (Å²) in [6.07, 6.45) is 6.11. The normalized spacial score (nSPS) is 26.2. The van der Waals surface area contributed by atoms with E-state index >= 15 is 0 Å². The van der Waals surface area contributed by atoms with E-state index in [1.807, 2.05) is 0 Å². The van der Waals surface area contributed by atoms with E-state index in [1.54, 1.807) is 7.11 Å². The standard InChI is InChI=1S/C13H23N3O2/c1-3-4-11(17-2)12-15-13(18-16-12)9-5-7-10(14)8-6-9/h9-11H,3-8,14H2,1-2H3. The third-order valence-electron chi connectivity index (χ3n) is 3.70. The molecule has 1 aliphatic carbocycles. The summed E-state index contributed by atoms with van der Waals surface area (Å²) in [6.45, 7) is 2.12. The monoisotopic (exact) mass is 253 g/mol. The van der Waals surface area contributed by atoms with E-state index in [0.717, 1.165) is 44.4 Å². The fraction of sp³-hybridized carbons (Fsp3) is 0.846. The Morgan fingerprint density at radius 3 is 2.72 bits per heavy atom. The summed E-state index contributed by atoms with van der Waals surface area (Å²) >= 11 is 0. The van der Waals surface area contributed by atoms with E-state index in [0.29, 0.717) is 17.8 Å². The van der Waals surface area contributed by atoms with Crippen molar-refractivity contribution >= 4 is 0 Å². The summed E-state index contributed by atoms with van der Waals surface area (Å²) in [6, 6.07) is 0.343. The Morgan fingerprint density at radius 1 is 1.39 bits per heavy atom. The van der Waals surface area contributed by atoms with E-state index < -0.39 is 0 Å². The highest BCUT2D eigenvalue weighted by molar-refractivity contribution is 4.99. The maximum absolute atomic E-state index is 5.90. The maximum Gasteiger partial charge on any atom is 0.229 e. The average molecular weight is 253 g/mol. The van der Waals surface area contributed by atoms with Gasteiger partial charge in [-0.3, -0.25) is 0 Å². The number of ether oxygens (including phenoxy) is 1. The van der Waals surface area contributed by atoms with E-state index in [1.165, 1.54) is 0 Å². The molecule has 1 heterocycles. The van der Waals surface area contributed by atoms with Crippen molar-refractivity contribution in [2.24, 2.45) is 5.73 Å². The van der Waals surface area contributed by atoms with Gasteiger partial charge in [0.05, 0.1) is 0 Å². The Morgan fingerprint density at radius 2 is 2.11 bits per heavy atom. The molecule has 0 radical (unpaired) electrons. The van der Waals surface area contributed by atoms with Crippen molar-refractivity contribution in [2.45, 2.75) is 63.5 Å². The van der Waals surface area contributed by atoms with Crippen molar-refractivity contribution in [3.05, 3.63) is 11.7 Å². The van der Waals surface area contributed by atoms with Gasteiger partial charge in [0.2, 0.25) is 11.7 Å². The lowest BCUT2D eigenvalue weighted by molar-refractivity contribution is 0.0854. The van der Waals surface area contributed by atoms with Gasteiger partial charge in [0, 0.05) is 19.1 Å². The maximum atomic E-state index is 5.90. The smallest absolute Gasteiger partial charge is 0.229 e. The molecule has 0 amide bonds. The Bertz CT molecular complexity index is 359. The first kappa shape index (κ1) is 13.5. The van der Waals surface area contributed by atoms with E-state index in [2.05, 4.69) is 17.1 Å². The van der Waals surface area contributed by atoms with Crippen LogP contribution in [0.5, 0.6) is 0 Å². The molecule has 18 heavy (non-hydrogen) atoms. The minimum absolute atomic E-state index is 0.0432. The Hall–Kier alpha value is -0.940. The third-order valence-corrected chi connectivity index (χ3v) is 3.70. The largest absolute Gasteiger partial charge is 0.373 e. The molecule has 2 rings (SSSR count). The first-order valence-electron chi connectivity index (χ1n) is 6.86. The molecule has 1 atom stereocenters. The number of rotatable bonds is 5. The predicted octanol–water partition coefficient (Wildman–Crippen LogP) is 2.54. The summed E-state index contributed by atoms with van der Waals surface area (Å²) in [7, 11) is 1.69. The molecule has 5 heteroatoms. The van der Waals surface area contributed by atoms with Crippen LogP contribution in [0.2, 0.25) is 0 Å². The van der Waals surface area contributed by atoms with Crippen molar-refractivity contribution < 1.29 is 9.26 Å². The van der Waals surface area contributed by atoms with Crippen molar-refractivity contribution in [3.63, 3.8) is 0 Å². The van der Waals surface area contributed by atoms with Crippen LogP contribution >= 0.6 is 0 Å². The third kappa shape index (κ3) is 3.09. The molecule has 0 saturated heterocycles. The van der Waals surface area contributed by atoms with Crippen LogP contribution in [-0.4, -0.2) is 23.3 Å². The fourth-order valence-electron chi connectivity index (χ4n) is 2.52. The molecular formula is C13H23N3O2. The van der Waals surface area contributed by atoms with E-state index in [9.17, 15) is 0 Å². The second kappa shape index (κ2) is 6.29. The van der Waals surface area contributed by atoms with Crippen LogP contribution in [0.3, 0.4) is 0 Å². The van der Waals surface area contributed by atoms with Gasteiger partial charge in [0.1, 0.15) is 6.10 Å². The predicted molar refractivity (Wildman–Crippen MR) is 68.1 cm³/mol. The van der Waals surface area contributed by atoms with Crippen molar-refractivity contribution in [3.8, 4) is 0 Å². The quantitative estimate of drug-likeness (QED) is 0.872.